The maximum Gasteiger partial charge on any atom is 0.133 e. The van der Waals surface area contributed by atoms with Crippen molar-refractivity contribution >= 4 is 31.9 Å². The van der Waals surface area contributed by atoms with Crippen molar-refractivity contribution in [3.05, 3.63) is 28.2 Å². The normalized spacial score (nSPS) is 19.4. The third-order valence-corrected chi connectivity index (χ3v) is 5.27. The molecule has 0 saturated carbocycles. The van der Waals surface area contributed by atoms with Crippen LogP contribution < -0.4 is 4.74 Å². The number of ether oxygens (including phenoxy) is 1. The Kier molecular flexibility index (Phi) is 5.72. The number of benzene rings is 1. The van der Waals surface area contributed by atoms with E-state index in [1.807, 2.05) is 6.07 Å². The molecule has 1 atom stereocenters. The molecule has 0 amide bonds. The number of alkyl halides is 1. The van der Waals surface area contributed by atoms with Crippen LogP contribution in [0, 0.1) is 5.92 Å². The van der Waals surface area contributed by atoms with Crippen molar-refractivity contribution in [2.24, 2.45) is 5.92 Å². The maximum absolute atomic E-state index is 5.26. The first kappa shape index (κ1) is 15.3. The van der Waals surface area contributed by atoms with E-state index in [1.165, 1.54) is 31.5 Å². The van der Waals surface area contributed by atoms with Gasteiger partial charge in [-0.1, -0.05) is 28.9 Å². The third-order valence-electron chi connectivity index (χ3n) is 3.90. The highest BCUT2D eigenvalue weighted by Gasteiger charge is 2.22. The predicted molar refractivity (Wildman–Crippen MR) is 87.1 cm³/mol. The predicted octanol–water partition coefficient (Wildman–Crippen LogP) is 4.45. The first-order chi connectivity index (χ1) is 9.10. The number of methoxy groups -OCH3 is 1. The third kappa shape index (κ3) is 4.20. The van der Waals surface area contributed by atoms with E-state index < -0.39 is 0 Å². The summed E-state index contributed by atoms with van der Waals surface area (Å²) in [4.78, 5) is 3.19. The minimum absolute atomic E-state index is 0.643. The van der Waals surface area contributed by atoms with Gasteiger partial charge in [0.05, 0.1) is 11.6 Å². The molecule has 2 nitrogen and oxygen atoms in total. The molecular formula is C15H21Br2NO. The van der Waals surface area contributed by atoms with Crippen LogP contribution in [0.1, 0.15) is 25.3 Å². The van der Waals surface area contributed by atoms with Crippen LogP contribution in [0.3, 0.4) is 0 Å². The Balaban J connectivity index is 1.90. The fraction of sp³-hybridized carbons (Fsp3) is 0.600. The van der Waals surface area contributed by atoms with Gasteiger partial charge in [0, 0.05) is 11.4 Å². The summed E-state index contributed by atoms with van der Waals surface area (Å²) in [5.74, 6) is 1.73. The van der Waals surface area contributed by atoms with Crippen LogP contribution in [0.2, 0.25) is 0 Å². The molecule has 106 valence electrons. The molecule has 1 aromatic carbocycles. The number of nitrogens with zero attached hydrogens (tertiary/aromatic N) is 1. The topological polar surface area (TPSA) is 12.5 Å². The van der Waals surface area contributed by atoms with Gasteiger partial charge in [0.25, 0.3) is 0 Å². The number of rotatable bonds is 4. The average molecular weight is 391 g/mol. The summed E-state index contributed by atoms with van der Waals surface area (Å²) in [5, 5.41) is 0. The molecule has 19 heavy (non-hydrogen) atoms. The van der Waals surface area contributed by atoms with Crippen molar-refractivity contribution in [2.45, 2.75) is 31.1 Å². The average Bonchev–Trinajstić information content (AvgIpc) is 2.39. The van der Waals surface area contributed by atoms with E-state index in [9.17, 15) is 0 Å². The van der Waals surface area contributed by atoms with Gasteiger partial charge in [0.2, 0.25) is 0 Å². The zero-order chi connectivity index (χ0) is 13.8. The Hall–Kier alpha value is -0.0600. The molecule has 0 N–H and O–H groups in total. The zero-order valence-electron chi connectivity index (χ0n) is 11.5. The van der Waals surface area contributed by atoms with Gasteiger partial charge in [-0.25, -0.2) is 0 Å². The molecule has 1 aliphatic heterocycles. The van der Waals surface area contributed by atoms with Crippen LogP contribution in [-0.2, 0) is 6.54 Å². The zero-order valence-corrected chi connectivity index (χ0v) is 14.7. The second kappa shape index (κ2) is 7.09. The fourth-order valence-corrected chi connectivity index (χ4v) is 3.75. The molecule has 0 bridgehead atoms. The Morgan fingerprint density at radius 2 is 2.05 bits per heavy atom. The van der Waals surface area contributed by atoms with Crippen LogP contribution in [0.4, 0.5) is 0 Å². The lowest BCUT2D eigenvalue weighted by Crippen LogP contribution is -2.35. The molecule has 0 spiro atoms. The summed E-state index contributed by atoms with van der Waals surface area (Å²) in [6, 6.07) is 6.35. The smallest absolute Gasteiger partial charge is 0.133 e. The summed E-state index contributed by atoms with van der Waals surface area (Å²) in [5.41, 5.74) is 1.35. The highest BCUT2D eigenvalue weighted by molar-refractivity contribution is 9.10. The summed E-state index contributed by atoms with van der Waals surface area (Å²) in [6.45, 7) is 5.70. The van der Waals surface area contributed by atoms with E-state index in [0.717, 1.165) is 22.7 Å². The Labute approximate surface area is 132 Å². The van der Waals surface area contributed by atoms with Gasteiger partial charge in [-0.3, -0.25) is 4.90 Å². The van der Waals surface area contributed by atoms with E-state index in [4.69, 9.17) is 4.74 Å². The monoisotopic (exact) mass is 389 g/mol. The van der Waals surface area contributed by atoms with Gasteiger partial charge >= 0.3 is 0 Å². The van der Waals surface area contributed by atoms with Crippen LogP contribution in [0.25, 0.3) is 0 Å². The number of likely N-dealkylation sites (tertiary alicyclic amines) is 1. The van der Waals surface area contributed by atoms with Crippen molar-refractivity contribution in [1.82, 2.24) is 4.90 Å². The van der Waals surface area contributed by atoms with Gasteiger partial charge in [-0.2, -0.15) is 0 Å². The molecule has 1 heterocycles. The quantitative estimate of drug-likeness (QED) is 0.704. The minimum Gasteiger partial charge on any atom is -0.496 e. The highest BCUT2D eigenvalue weighted by Crippen LogP contribution is 2.28. The van der Waals surface area contributed by atoms with Crippen molar-refractivity contribution in [3.8, 4) is 5.75 Å². The molecule has 1 fully saturated rings. The molecule has 0 radical (unpaired) electrons. The van der Waals surface area contributed by atoms with Crippen molar-refractivity contribution in [2.75, 3.05) is 20.2 Å². The standard InChI is InChI=1S/C15H21Br2NO/c1-11(16)13-5-7-18(8-6-13)10-12-3-4-15(19-2)14(17)9-12/h3-4,9,11,13H,5-8,10H2,1-2H3. The lowest BCUT2D eigenvalue weighted by molar-refractivity contribution is 0.178. The summed E-state index contributed by atoms with van der Waals surface area (Å²) < 4.78 is 6.30. The Morgan fingerprint density at radius 1 is 1.37 bits per heavy atom. The van der Waals surface area contributed by atoms with Crippen LogP contribution in [0.5, 0.6) is 5.75 Å². The van der Waals surface area contributed by atoms with Gasteiger partial charge in [0.1, 0.15) is 5.75 Å². The Bertz CT molecular complexity index is 415. The van der Waals surface area contributed by atoms with Gasteiger partial charge in [-0.05, 0) is 65.5 Å². The molecule has 0 aliphatic carbocycles. The number of halogens is 2. The lowest BCUT2D eigenvalue weighted by Gasteiger charge is -2.33. The Morgan fingerprint density at radius 3 is 2.58 bits per heavy atom. The number of piperidine rings is 1. The molecular weight excluding hydrogens is 370 g/mol. The molecule has 1 aromatic rings. The van der Waals surface area contributed by atoms with E-state index >= 15 is 0 Å². The van der Waals surface area contributed by atoms with E-state index in [1.54, 1.807) is 7.11 Å². The van der Waals surface area contributed by atoms with Crippen LogP contribution >= 0.6 is 31.9 Å². The van der Waals surface area contributed by atoms with Crippen LogP contribution in [-0.4, -0.2) is 29.9 Å². The summed E-state index contributed by atoms with van der Waals surface area (Å²) in [7, 11) is 1.70. The summed E-state index contributed by atoms with van der Waals surface area (Å²) in [6.07, 6.45) is 2.59. The molecule has 1 aliphatic rings. The first-order valence-electron chi connectivity index (χ1n) is 6.79. The number of hydrogen-bond donors (Lipinski definition) is 0. The maximum atomic E-state index is 5.26. The molecule has 1 unspecified atom stereocenters. The van der Waals surface area contributed by atoms with E-state index in [-0.39, 0.29) is 0 Å². The molecule has 1 saturated heterocycles. The SMILES string of the molecule is COc1ccc(CN2CCC(C(C)Br)CC2)cc1Br. The van der Waals surface area contributed by atoms with E-state index in [0.29, 0.717) is 4.83 Å². The second-order valence-electron chi connectivity index (χ2n) is 5.26. The van der Waals surface area contributed by atoms with Gasteiger partial charge in [-0.15, -0.1) is 0 Å². The largest absolute Gasteiger partial charge is 0.496 e. The van der Waals surface area contributed by atoms with Crippen LogP contribution in [0.15, 0.2) is 22.7 Å². The van der Waals surface area contributed by atoms with Crippen molar-refractivity contribution in [3.63, 3.8) is 0 Å². The van der Waals surface area contributed by atoms with Crippen molar-refractivity contribution < 1.29 is 4.74 Å². The summed E-state index contributed by atoms with van der Waals surface area (Å²) >= 11 is 7.26. The minimum atomic E-state index is 0.643. The molecule has 2 rings (SSSR count). The molecule has 4 heteroatoms. The second-order valence-corrected chi connectivity index (χ2v) is 7.56. The first-order valence-corrected chi connectivity index (χ1v) is 8.50. The number of hydrogen-bond acceptors (Lipinski definition) is 2. The fourth-order valence-electron chi connectivity index (χ4n) is 2.64. The molecule has 0 aromatic heterocycles. The van der Waals surface area contributed by atoms with E-state index in [2.05, 4.69) is 55.8 Å². The van der Waals surface area contributed by atoms with Crippen molar-refractivity contribution in [1.29, 1.82) is 0 Å². The lowest BCUT2D eigenvalue weighted by atomic mass is 9.94. The highest BCUT2D eigenvalue weighted by atomic mass is 79.9. The van der Waals surface area contributed by atoms with Gasteiger partial charge < -0.3 is 4.74 Å². The van der Waals surface area contributed by atoms with Gasteiger partial charge in [0.15, 0.2) is 0 Å².